The maximum atomic E-state index is 11.4. The molecule has 19 heavy (non-hydrogen) atoms. The predicted octanol–water partition coefficient (Wildman–Crippen LogP) is 3.39. The molecule has 0 radical (unpaired) electrons. The minimum absolute atomic E-state index is 0.629. The van der Waals surface area contributed by atoms with Crippen LogP contribution in [0.4, 0.5) is 0 Å². The number of aldehydes is 1. The summed E-state index contributed by atoms with van der Waals surface area (Å²) >= 11 is 0. The second-order valence-electron chi connectivity index (χ2n) is 5.39. The van der Waals surface area contributed by atoms with E-state index in [-0.39, 0.29) is 0 Å². The smallest absolute Gasteiger partial charge is 0.156 e. The molecule has 2 aliphatic carbocycles. The maximum absolute atomic E-state index is 11.4. The van der Waals surface area contributed by atoms with Gasteiger partial charge in [-0.05, 0) is 36.0 Å². The van der Waals surface area contributed by atoms with Gasteiger partial charge in [-0.15, -0.1) is 0 Å². The summed E-state index contributed by atoms with van der Waals surface area (Å²) in [5.41, 5.74) is 1.61. The van der Waals surface area contributed by atoms with Crippen molar-refractivity contribution in [3.05, 3.63) is 54.1 Å². The lowest BCUT2D eigenvalue weighted by Crippen LogP contribution is -2.33. The Morgan fingerprint density at radius 3 is 2.63 bits per heavy atom. The zero-order valence-electron chi connectivity index (χ0n) is 10.9. The second kappa shape index (κ2) is 5.14. The average molecular weight is 254 g/mol. The summed E-state index contributed by atoms with van der Waals surface area (Å²) < 4.78 is 5.83. The van der Waals surface area contributed by atoms with E-state index < -0.39 is 5.60 Å². The van der Waals surface area contributed by atoms with Gasteiger partial charge in [-0.2, -0.15) is 0 Å². The third-order valence-corrected chi connectivity index (χ3v) is 3.78. The highest BCUT2D eigenvalue weighted by molar-refractivity contribution is 5.79. The van der Waals surface area contributed by atoms with Gasteiger partial charge in [0, 0.05) is 6.42 Å². The van der Waals surface area contributed by atoms with Crippen LogP contribution in [0.2, 0.25) is 0 Å². The number of carbonyl (C=O) groups is 1. The first-order valence-electron chi connectivity index (χ1n) is 6.86. The number of allylic oxidation sites excluding steroid dienone is 2. The molecule has 0 bridgehead atoms. The van der Waals surface area contributed by atoms with Crippen molar-refractivity contribution in [1.82, 2.24) is 0 Å². The third kappa shape index (κ3) is 2.85. The first-order valence-corrected chi connectivity index (χ1v) is 6.86. The minimum Gasteiger partial charge on any atom is -0.363 e. The van der Waals surface area contributed by atoms with Crippen LogP contribution in [0, 0.1) is 5.92 Å². The molecule has 1 fully saturated rings. The fourth-order valence-electron chi connectivity index (χ4n) is 2.27. The van der Waals surface area contributed by atoms with Crippen LogP contribution >= 0.6 is 0 Å². The molecule has 0 saturated heterocycles. The Hall–Kier alpha value is -1.67. The fourth-order valence-corrected chi connectivity index (χ4v) is 2.27. The van der Waals surface area contributed by atoms with E-state index in [9.17, 15) is 4.79 Å². The summed E-state index contributed by atoms with van der Waals surface area (Å²) in [4.78, 5) is 11.4. The molecule has 0 heterocycles. The summed E-state index contributed by atoms with van der Waals surface area (Å²) in [6.07, 6.45) is 10.0. The Morgan fingerprint density at radius 2 is 2.05 bits per heavy atom. The van der Waals surface area contributed by atoms with Crippen LogP contribution < -0.4 is 0 Å². The van der Waals surface area contributed by atoms with Crippen LogP contribution in [0.15, 0.2) is 48.6 Å². The van der Waals surface area contributed by atoms with Gasteiger partial charge >= 0.3 is 0 Å². The lowest BCUT2D eigenvalue weighted by Gasteiger charge is -2.27. The van der Waals surface area contributed by atoms with E-state index in [1.165, 1.54) is 18.4 Å². The first kappa shape index (κ1) is 12.4. The monoisotopic (exact) mass is 254 g/mol. The lowest BCUT2D eigenvalue weighted by atomic mass is 9.90. The molecule has 0 amide bonds. The first-order chi connectivity index (χ1) is 9.31. The number of carbonyl (C=O) groups excluding carboxylic acids is 1. The lowest BCUT2D eigenvalue weighted by molar-refractivity contribution is -0.125. The Balaban J connectivity index is 1.71. The zero-order chi connectivity index (χ0) is 13.1. The Labute approximate surface area is 113 Å². The SMILES string of the molecule is O=CC1(OCC2CC2)C=CC(c2ccccc2)=CC1. The van der Waals surface area contributed by atoms with Gasteiger partial charge in [0.25, 0.3) is 0 Å². The molecule has 1 aromatic carbocycles. The van der Waals surface area contributed by atoms with Crippen LogP contribution in [-0.2, 0) is 9.53 Å². The molecule has 2 aliphatic rings. The highest BCUT2D eigenvalue weighted by Gasteiger charge is 2.32. The van der Waals surface area contributed by atoms with Crippen molar-refractivity contribution >= 4 is 11.9 Å². The van der Waals surface area contributed by atoms with E-state index >= 15 is 0 Å². The highest BCUT2D eigenvalue weighted by Crippen LogP contribution is 2.33. The van der Waals surface area contributed by atoms with Crippen LogP contribution in [0.25, 0.3) is 5.57 Å². The number of benzene rings is 1. The van der Waals surface area contributed by atoms with E-state index in [1.54, 1.807) is 0 Å². The Kier molecular flexibility index (Phi) is 3.34. The van der Waals surface area contributed by atoms with E-state index in [0.717, 1.165) is 11.9 Å². The fraction of sp³-hybridized carbons (Fsp3) is 0.353. The molecule has 1 unspecified atom stereocenters. The van der Waals surface area contributed by atoms with Gasteiger partial charge in [-0.3, -0.25) is 4.79 Å². The molecule has 0 spiro atoms. The largest absolute Gasteiger partial charge is 0.363 e. The normalized spacial score (nSPS) is 26.0. The van der Waals surface area contributed by atoms with Crippen LogP contribution in [0.5, 0.6) is 0 Å². The minimum atomic E-state index is -0.735. The predicted molar refractivity (Wildman–Crippen MR) is 75.6 cm³/mol. The molecular weight excluding hydrogens is 236 g/mol. The standard InChI is InChI=1S/C17H18O2/c18-13-17(19-12-14-6-7-14)10-8-16(9-11-17)15-4-2-1-3-5-15/h1-5,8-10,13-14H,6-7,11-12H2. The van der Waals surface area contributed by atoms with Gasteiger partial charge in [-0.25, -0.2) is 0 Å². The van der Waals surface area contributed by atoms with Crippen molar-refractivity contribution in [3.8, 4) is 0 Å². The Bertz CT molecular complexity index is 511. The number of rotatable bonds is 5. The van der Waals surface area contributed by atoms with Crippen LogP contribution in [0.1, 0.15) is 24.8 Å². The van der Waals surface area contributed by atoms with E-state index in [4.69, 9.17) is 4.74 Å². The summed E-state index contributed by atoms with van der Waals surface area (Å²) in [6, 6.07) is 10.2. The molecule has 98 valence electrons. The third-order valence-electron chi connectivity index (χ3n) is 3.78. The van der Waals surface area contributed by atoms with Crippen molar-refractivity contribution in [2.75, 3.05) is 6.61 Å². The zero-order valence-corrected chi connectivity index (χ0v) is 10.9. The summed E-state index contributed by atoms with van der Waals surface area (Å²) in [5.74, 6) is 0.671. The van der Waals surface area contributed by atoms with Crippen LogP contribution in [0.3, 0.4) is 0 Å². The quantitative estimate of drug-likeness (QED) is 0.753. The second-order valence-corrected chi connectivity index (χ2v) is 5.39. The van der Waals surface area contributed by atoms with Crippen molar-refractivity contribution in [3.63, 3.8) is 0 Å². The molecule has 2 heteroatoms. The average Bonchev–Trinajstić information content (AvgIpc) is 3.31. The van der Waals surface area contributed by atoms with Crippen LogP contribution in [-0.4, -0.2) is 18.5 Å². The van der Waals surface area contributed by atoms with Gasteiger partial charge in [0.05, 0.1) is 6.61 Å². The number of hydrogen-bond acceptors (Lipinski definition) is 2. The van der Waals surface area contributed by atoms with Crippen molar-refractivity contribution in [1.29, 1.82) is 0 Å². The summed E-state index contributed by atoms with van der Waals surface area (Å²) in [5, 5.41) is 0. The van der Waals surface area contributed by atoms with Gasteiger partial charge < -0.3 is 4.74 Å². The maximum Gasteiger partial charge on any atom is 0.156 e. The molecule has 0 aliphatic heterocycles. The van der Waals surface area contributed by atoms with E-state index in [0.29, 0.717) is 18.9 Å². The van der Waals surface area contributed by atoms with E-state index in [1.807, 2.05) is 30.4 Å². The van der Waals surface area contributed by atoms with Crippen molar-refractivity contribution in [2.24, 2.45) is 5.92 Å². The Morgan fingerprint density at radius 1 is 1.26 bits per heavy atom. The molecule has 0 aromatic heterocycles. The molecule has 1 atom stereocenters. The summed E-state index contributed by atoms with van der Waals surface area (Å²) in [7, 11) is 0. The summed E-state index contributed by atoms with van der Waals surface area (Å²) in [6.45, 7) is 0.706. The number of hydrogen-bond donors (Lipinski definition) is 0. The van der Waals surface area contributed by atoms with E-state index in [2.05, 4.69) is 18.2 Å². The topological polar surface area (TPSA) is 26.3 Å². The molecule has 3 rings (SSSR count). The van der Waals surface area contributed by atoms with Gasteiger partial charge in [0.15, 0.2) is 6.29 Å². The molecular formula is C17H18O2. The molecule has 2 nitrogen and oxygen atoms in total. The van der Waals surface area contributed by atoms with Crippen molar-refractivity contribution < 1.29 is 9.53 Å². The highest BCUT2D eigenvalue weighted by atomic mass is 16.5. The molecule has 1 aromatic rings. The van der Waals surface area contributed by atoms with Gasteiger partial charge in [-0.1, -0.05) is 42.5 Å². The number of ether oxygens (including phenoxy) is 1. The van der Waals surface area contributed by atoms with Gasteiger partial charge in [0.1, 0.15) is 5.60 Å². The molecule has 1 saturated carbocycles. The van der Waals surface area contributed by atoms with Crippen molar-refractivity contribution in [2.45, 2.75) is 24.9 Å². The van der Waals surface area contributed by atoms with Gasteiger partial charge in [0.2, 0.25) is 0 Å². The molecule has 0 N–H and O–H groups in total.